The van der Waals surface area contributed by atoms with E-state index >= 15 is 0 Å². The van der Waals surface area contributed by atoms with Crippen LogP contribution in [-0.4, -0.2) is 11.6 Å². The molecule has 4 heteroatoms. The van der Waals surface area contributed by atoms with Gasteiger partial charge in [-0.1, -0.05) is 84.9 Å². The van der Waals surface area contributed by atoms with Crippen LogP contribution in [0.25, 0.3) is 0 Å². The molecule has 34 heavy (non-hydrogen) atoms. The van der Waals surface area contributed by atoms with Crippen LogP contribution in [0.3, 0.4) is 0 Å². The number of fused-ring (bicyclic) bond motifs is 2. The highest BCUT2D eigenvalue weighted by atomic mass is 16.1. The van der Waals surface area contributed by atoms with E-state index in [0.717, 1.165) is 11.1 Å². The lowest BCUT2D eigenvalue weighted by atomic mass is 9.82. The molecule has 0 heterocycles. The first-order valence-corrected chi connectivity index (χ1v) is 11.5. The molecular formula is C30H26N2O2. The zero-order valence-electron chi connectivity index (χ0n) is 19.2. The number of anilines is 2. The Morgan fingerprint density at radius 3 is 1.24 bits per heavy atom. The van der Waals surface area contributed by atoms with Crippen molar-refractivity contribution < 1.29 is 9.59 Å². The fourth-order valence-corrected chi connectivity index (χ4v) is 4.58. The van der Waals surface area contributed by atoms with Crippen LogP contribution in [0.15, 0.2) is 97.1 Å². The topological polar surface area (TPSA) is 58.2 Å². The standard InChI is InChI=1S/C30H26N2O2/c1-19(21-11-5-3-6-12-21)31-25-17-18-26(32-20(2)22-13-7-4-8-14-22)28-27(25)29(33)23-15-9-10-16-24(23)30(28)34/h3-20,31-32H,1-2H3. The van der Waals surface area contributed by atoms with Gasteiger partial charge in [-0.2, -0.15) is 0 Å². The summed E-state index contributed by atoms with van der Waals surface area (Å²) in [5, 5.41) is 6.96. The summed E-state index contributed by atoms with van der Waals surface area (Å²) in [4.78, 5) is 27.4. The average Bonchev–Trinajstić information content (AvgIpc) is 2.89. The predicted molar refractivity (Wildman–Crippen MR) is 137 cm³/mol. The van der Waals surface area contributed by atoms with Gasteiger partial charge in [0, 0.05) is 34.6 Å². The van der Waals surface area contributed by atoms with Gasteiger partial charge in [0.2, 0.25) is 0 Å². The normalized spacial score (nSPS) is 14.1. The molecule has 4 aromatic carbocycles. The maximum atomic E-state index is 13.7. The molecule has 0 saturated heterocycles. The Hall–Kier alpha value is -4.18. The van der Waals surface area contributed by atoms with E-state index < -0.39 is 0 Å². The molecule has 4 aromatic rings. The summed E-state index contributed by atoms with van der Waals surface area (Å²) in [6.45, 7) is 4.10. The zero-order valence-corrected chi connectivity index (χ0v) is 19.2. The summed E-state index contributed by atoms with van der Waals surface area (Å²) < 4.78 is 0. The number of rotatable bonds is 6. The van der Waals surface area contributed by atoms with Crippen LogP contribution in [0.5, 0.6) is 0 Å². The van der Waals surface area contributed by atoms with Crippen molar-refractivity contribution in [3.63, 3.8) is 0 Å². The van der Waals surface area contributed by atoms with Crippen LogP contribution in [0.4, 0.5) is 11.4 Å². The van der Waals surface area contributed by atoms with Gasteiger partial charge in [-0.3, -0.25) is 9.59 Å². The summed E-state index contributed by atoms with van der Waals surface area (Å²) in [6.07, 6.45) is 0. The van der Waals surface area contributed by atoms with Crippen molar-refractivity contribution in [2.75, 3.05) is 10.6 Å². The predicted octanol–water partition coefficient (Wildman–Crippen LogP) is 6.81. The number of hydrogen-bond acceptors (Lipinski definition) is 4. The number of nitrogens with one attached hydrogen (secondary N) is 2. The second-order valence-electron chi connectivity index (χ2n) is 8.67. The van der Waals surface area contributed by atoms with Crippen LogP contribution in [0.2, 0.25) is 0 Å². The molecule has 0 aliphatic heterocycles. The SMILES string of the molecule is CC(Nc1ccc(NC(C)c2ccccc2)c2c1C(=O)c1ccccc1C2=O)c1ccccc1. The van der Waals surface area contributed by atoms with Crippen molar-refractivity contribution in [2.24, 2.45) is 0 Å². The van der Waals surface area contributed by atoms with Gasteiger partial charge in [0.25, 0.3) is 0 Å². The van der Waals surface area contributed by atoms with E-state index in [0.29, 0.717) is 33.6 Å². The van der Waals surface area contributed by atoms with Gasteiger partial charge in [0.15, 0.2) is 11.6 Å². The highest BCUT2D eigenvalue weighted by Crippen LogP contribution is 2.38. The number of benzene rings is 4. The van der Waals surface area contributed by atoms with Crippen LogP contribution in [0.1, 0.15) is 68.9 Å². The van der Waals surface area contributed by atoms with Gasteiger partial charge >= 0.3 is 0 Å². The Bertz CT molecular complexity index is 1260. The van der Waals surface area contributed by atoms with Crippen molar-refractivity contribution in [3.8, 4) is 0 Å². The molecule has 0 radical (unpaired) electrons. The first kappa shape index (κ1) is 21.7. The van der Waals surface area contributed by atoms with Gasteiger partial charge in [-0.25, -0.2) is 0 Å². The third-order valence-corrected chi connectivity index (χ3v) is 6.42. The Morgan fingerprint density at radius 1 is 0.500 bits per heavy atom. The van der Waals surface area contributed by atoms with E-state index in [1.807, 2.05) is 72.8 Å². The lowest BCUT2D eigenvalue weighted by Gasteiger charge is -2.27. The lowest BCUT2D eigenvalue weighted by molar-refractivity contribution is 0.0980. The number of ketones is 2. The first-order valence-electron chi connectivity index (χ1n) is 11.5. The number of hydrogen-bond donors (Lipinski definition) is 2. The van der Waals surface area contributed by atoms with Crippen LogP contribution in [0, 0.1) is 0 Å². The second-order valence-corrected chi connectivity index (χ2v) is 8.67. The molecule has 2 unspecified atom stereocenters. The molecule has 4 nitrogen and oxygen atoms in total. The molecule has 0 amide bonds. The molecule has 0 saturated carbocycles. The Labute approximate surface area is 199 Å². The lowest BCUT2D eigenvalue weighted by Crippen LogP contribution is -2.25. The van der Waals surface area contributed by atoms with Crippen molar-refractivity contribution in [2.45, 2.75) is 25.9 Å². The third-order valence-electron chi connectivity index (χ3n) is 6.42. The van der Waals surface area contributed by atoms with Crippen molar-refractivity contribution >= 4 is 22.9 Å². The molecule has 2 atom stereocenters. The summed E-state index contributed by atoms with van der Waals surface area (Å²) >= 11 is 0. The quantitative estimate of drug-likeness (QED) is 0.301. The van der Waals surface area contributed by atoms with Crippen molar-refractivity contribution in [1.29, 1.82) is 0 Å². The van der Waals surface area contributed by atoms with Crippen LogP contribution < -0.4 is 10.6 Å². The van der Waals surface area contributed by atoms with E-state index in [1.165, 1.54) is 0 Å². The minimum atomic E-state index is -0.135. The van der Waals surface area contributed by atoms with Crippen LogP contribution in [-0.2, 0) is 0 Å². The van der Waals surface area contributed by atoms with E-state index in [9.17, 15) is 9.59 Å². The van der Waals surface area contributed by atoms with E-state index in [4.69, 9.17) is 0 Å². The van der Waals surface area contributed by atoms with Crippen molar-refractivity contribution in [1.82, 2.24) is 0 Å². The summed E-state index contributed by atoms with van der Waals surface area (Å²) in [6, 6.07) is 30.9. The second kappa shape index (κ2) is 8.99. The monoisotopic (exact) mass is 446 g/mol. The van der Waals surface area contributed by atoms with E-state index in [2.05, 4.69) is 24.5 Å². The maximum Gasteiger partial charge on any atom is 0.196 e. The molecule has 1 aliphatic carbocycles. The molecule has 2 N–H and O–H groups in total. The fourth-order valence-electron chi connectivity index (χ4n) is 4.58. The summed E-state index contributed by atoms with van der Waals surface area (Å²) in [7, 11) is 0. The van der Waals surface area contributed by atoms with E-state index in [-0.39, 0.29) is 23.7 Å². The molecule has 0 spiro atoms. The minimum absolute atomic E-state index is 0.0348. The highest BCUT2D eigenvalue weighted by Gasteiger charge is 2.34. The van der Waals surface area contributed by atoms with Gasteiger partial charge in [-0.05, 0) is 37.1 Å². The summed E-state index contributed by atoms with van der Waals surface area (Å²) in [5.74, 6) is -0.270. The van der Waals surface area contributed by atoms with Gasteiger partial charge < -0.3 is 10.6 Å². The number of carbonyl (C=O) groups is 2. The van der Waals surface area contributed by atoms with E-state index in [1.54, 1.807) is 24.3 Å². The molecule has 168 valence electrons. The van der Waals surface area contributed by atoms with Gasteiger partial charge in [-0.15, -0.1) is 0 Å². The molecular weight excluding hydrogens is 420 g/mol. The van der Waals surface area contributed by atoms with Crippen molar-refractivity contribution in [3.05, 3.63) is 130 Å². The maximum absolute atomic E-state index is 13.7. The first-order chi connectivity index (χ1) is 16.5. The average molecular weight is 447 g/mol. The molecule has 5 rings (SSSR count). The summed E-state index contributed by atoms with van der Waals surface area (Å²) in [5.41, 5.74) is 5.28. The van der Waals surface area contributed by atoms with Gasteiger partial charge in [0.1, 0.15) is 0 Å². The highest BCUT2D eigenvalue weighted by molar-refractivity contribution is 6.31. The van der Waals surface area contributed by atoms with Crippen LogP contribution >= 0.6 is 0 Å². The largest absolute Gasteiger partial charge is 0.378 e. The minimum Gasteiger partial charge on any atom is -0.378 e. The third kappa shape index (κ3) is 3.88. The molecule has 0 aromatic heterocycles. The molecule has 1 aliphatic rings. The number of carbonyl (C=O) groups excluding carboxylic acids is 2. The fraction of sp³-hybridized carbons (Fsp3) is 0.133. The Morgan fingerprint density at radius 2 is 0.853 bits per heavy atom. The van der Waals surface area contributed by atoms with Gasteiger partial charge in [0.05, 0.1) is 11.1 Å². The molecule has 0 fully saturated rings. The smallest absolute Gasteiger partial charge is 0.196 e. The molecule has 0 bridgehead atoms. The Balaban J connectivity index is 1.60. The Kier molecular flexibility index (Phi) is 5.72. The zero-order chi connectivity index (χ0) is 23.7.